The Labute approximate surface area is 111 Å². The van der Waals surface area contributed by atoms with E-state index in [2.05, 4.69) is 22.4 Å². The average Bonchev–Trinajstić information content (AvgIpc) is 2.86. The highest BCUT2D eigenvalue weighted by Gasteiger charge is 2.32. The number of aryl methyl sites for hydroxylation is 1. The summed E-state index contributed by atoms with van der Waals surface area (Å²) in [5.74, 6) is 0. The van der Waals surface area contributed by atoms with Crippen molar-refractivity contribution in [1.29, 1.82) is 0 Å². The maximum atomic E-state index is 9.67. The van der Waals surface area contributed by atoms with Crippen molar-refractivity contribution in [2.24, 2.45) is 0 Å². The predicted molar refractivity (Wildman–Crippen MR) is 71.7 cm³/mol. The van der Waals surface area contributed by atoms with Gasteiger partial charge in [0.1, 0.15) is 0 Å². The maximum absolute atomic E-state index is 9.67. The third kappa shape index (κ3) is 3.52. The van der Waals surface area contributed by atoms with Crippen LogP contribution >= 0.6 is 11.3 Å². The van der Waals surface area contributed by atoms with Gasteiger partial charge in [0.2, 0.25) is 0 Å². The molecule has 1 aliphatic heterocycles. The second-order valence-electron chi connectivity index (χ2n) is 4.88. The number of aliphatic hydroxyl groups excluding tert-OH is 3. The molecular formula is C13H21NO3S. The molecule has 0 aromatic carbocycles. The number of likely N-dealkylation sites (tertiary alicyclic amines) is 1. The van der Waals surface area contributed by atoms with Crippen LogP contribution in [-0.2, 0) is 6.42 Å². The molecule has 1 saturated heterocycles. The van der Waals surface area contributed by atoms with Crippen LogP contribution in [0.5, 0.6) is 0 Å². The van der Waals surface area contributed by atoms with Gasteiger partial charge in [0.15, 0.2) is 0 Å². The van der Waals surface area contributed by atoms with Crippen LogP contribution in [-0.4, -0.2) is 58.2 Å². The summed E-state index contributed by atoms with van der Waals surface area (Å²) in [7, 11) is 0. The fourth-order valence-corrected chi connectivity index (χ4v) is 3.22. The third-order valence-electron chi connectivity index (χ3n) is 3.56. The molecule has 3 N–H and O–H groups in total. The molecular weight excluding hydrogens is 250 g/mol. The van der Waals surface area contributed by atoms with Crippen molar-refractivity contribution in [3.8, 4) is 0 Å². The van der Waals surface area contributed by atoms with Crippen LogP contribution in [0.3, 0.4) is 0 Å². The van der Waals surface area contributed by atoms with E-state index in [1.54, 1.807) is 11.3 Å². The minimum absolute atomic E-state index is 0.0215. The number of aliphatic hydroxyl groups is 3. The highest BCUT2D eigenvalue weighted by Crippen LogP contribution is 2.19. The van der Waals surface area contributed by atoms with Gasteiger partial charge in [-0.05, 0) is 37.3 Å². The van der Waals surface area contributed by atoms with Gasteiger partial charge in [0.25, 0.3) is 0 Å². The molecule has 1 aromatic heterocycles. The first-order valence-corrected chi connectivity index (χ1v) is 7.32. The summed E-state index contributed by atoms with van der Waals surface area (Å²) in [6.45, 7) is 1.35. The van der Waals surface area contributed by atoms with Crippen molar-refractivity contribution in [1.82, 2.24) is 4.90 Å². The summed E-state index contributed by atoms with van der Waals surface area (Å²) in [5.41, 5.74) is 0. The van der Waals surface area contributed by atoms with Crippen LogP contribution in [0.15, 0.2) is 17.5 Å². The van der Waals surface area contributed by atoms with Crippen LogP contribution < -0.4 is 0 Å². The lowest BCUT2D eigenvalue weighted by Crippen LogP contribution is -2.53. The largest absolute Gasteiger partial charge is 0.395 e. The Kier molecular flexibility index (Phi) is 5.14. The first kappa shape index (κ1) is 14.0. The fraction of sp³-hybridized carbons (Fsp3) is 0.692. The third-order valence-corrected chi connectivity index (χ3v) is 4.49. The number of hydrogen-bond acceptors (Lipinski definition) is 5. The van der Waals surface area contributed by atoms with Gasteiger partial charge >= 0.3 is 0 Å². The van der Waals surface area contributed by atoms with Crippen molar-refractivity contribution in [3.63, 3.8) is 0 Å². The standard InChI is InChI=1S/C13H21NO3S/c15-9-10-7-12(16)13(17)8-14(10)5-1-3-11-4-2-6-18-11/h2,4,6,10,12-13,15-17H,1,3,5,7-9H2/t10-,12?,13+/m1/s1. The average molecular weight is 271 g/mol. The van der Waals surface area contributed by atoms with Gasteiger partial charge < -0.3 is 15.3 Å². The molecule has 0 aliphatic carbocycles. The minimum Gasteiger partial charge on any atom is -0.395 e. The van der Waals surface area contributed by atoms with Crippen molar-refractivity contribution in [3.05, 3.63) is 22.4 Å². The second-order valence-corrected chi connectivity index (χ2v) is 5.92. The summed E-state index contributed by atoms with van der Waals surface area (Å²) in [5, 5.41) is 30.7. The van der Waals surface area contributed by atoms with E-state index in [9.17, 15) is 15.3 Å². The smallest absolute Gasteiger partial charge is 0.0926 e. The monoisotopic (exact) mass is 271 g/mol. The predicted octanol–water partition coefficient (Wildman–Crippen LogP) is 0.469. The molecule has 4 nitrogen and oxygen atoms in total. The molecule has 1 fully saturated rings. The Morgan fingerprint density at radius 1 is 1.33 bits per heavy atom. The normalized spacial score (nSPS) is 29.6. The minimum atomic E-state index is -0.698. The van der Waals surface area contributed by atoms with E-state index in [-0.39, 0.29) is 12.6 Å². The molecule has 0 bridgehead atoms. The summed E-state index contributed by atoms with van der Waals surface area (Å²) in [4.78, 5) is 3.46. The number of rotatable bonds is 5. The van der Waals surface area contributed by atoms with E-state index < -0.39 is 12.2 Å². The lowest BCUT2D eigenvalue weighted by atomic mass is 9.97. The molecule has 0 saturated carbocycles. The van der Waals surface area contributed by atoms with E-state index in [1.807, 2.05) is 0 Å². The van der Waals surface area contributed by atoms with Gasteiger partial charge in [-0.3, -0.25) is 4.90 Å². The molecule has 0 spiro atoms. The molecule has 5 heteroatoms. The highest BCUT2D eigenvalue weighted by molar-refractivity contribution is 7.09. The fourth-order valence-electron chi connectivity index (χ4n) is 2.47. The zero-order valence-electron chi connectivity index (χ0n) is 10.4. The molecule has 3 atom stereocenters. The molecule has 18 heavy (non-hydrogen) atoms. The number of piperidine rings is 1. The molecule has 1 unspecified atom stereocenters. The van der Waals surface area contributed by atoms with E-state index in [1.165, 1.54) is 4.88 Å². The number of nitrogens with zero attached hydrogens (tertiary/aromatic N) is 1. The zero-order valence-corrected chi connectivity index (χ0v) is 11.2. The maximum Gasteiger partial charge on any atom is 0.0926 e. The van der Waals surface area contributed by atoms with Crippen molar-refractivity contribution < 1.29 is 15.3 Å². The summed E-state index contributed by atoms with van der Waals surface area (Å²) < 4.78 is 0. The first-order valence-electron chi connectivity index (χ1n) is 6.44. The van der Waals surface area contributed by atoms with Crippen LogP contribution in [0.2, 0.25) is 0 Å². The zero-order chi connectivity index (χ0) is 13.0. The SMILES string of the molecule is OC[C@H]1CC(O)[C@@H](O)CN1CCCc1cccs1. The molecule has 2 rings (SSSR count). The Hall–Kier alpha value is -0.460. The molecule has 2 heterocycles. The summed E-state index contributed by atoms with van der Waals surface area (Å²) >= 11 is 1.76. The van der Waals surface area contributed by atoms with E-state index in [0.717, 1.165) is 19.4 Å². The van der Waals surface area contributed by atoms with Gasteiger partial charge in [-0.2, -0.15) is 0 Å². The molecule has 1 aliphatic rings. The molecule has 0 radical (unpaired) electrons. The lowest BCUT2D eigenvalue weighted by molar-refractivity contribution is -0.0708. The quantitative estimate of drug-likeness (QED) is 0.728. The van der Waals surface area contributed by atoms with Gasteiger partial charge in [-0.15, -0.1) is 11.3 Å². The highest BCUT2D eigenvalue weighted by atomic mass is 32.1. The topological polar surface area (TPSA) is 63.9 Å². The van der Waals surface area contributed by atoms with Crippen molar-refractivity contribution in [2.75, 3.05) is 19.7 Å². The van der Waals surface area contributed by atoms with Gasteiger partial charge in [0.05, 0.1) is 18.8 Å². The van der Waals surface area contributed by atoms with Crippen LogP contribution in [0, 0.1) is 0 Å². The second kappa shape index (κ2) is 6.63. The molecule has 102 valence electrons. The van der Waals surface area contributed by atoms with E-state index in [0.29, 0.717) is 13.0 Å². The Morgan fingerprint density at radius 3 is 2.83 bits per heavy atom. The van der Waals surface area contributed by atoms with Crippen LogP contribution in [0.25, 0.3) is 0 Å². The van der Waals surface area contributed by atoms with E-state index >= 15 is 0 Å². The first-order chi connectivity index (χ1) is 8.70. The van der Waals surface area contributed by atoms with Gasteiger partial charge in [-0.1, -0.05) is 6.07 Å². The van der Waals surface area contributed by atoms with Gasteiger partial charge in [0, 0.05) is 17.5 Å². The van der Waals surface area contributed by atoms with Gasteiger partial charge in [-0.25, -0.2) is 0 Å². The van der Waals surface area contributed by atoms with Crippen LogP contribution in [0.1, 0.15) is 17.7 Å². The number of thiophene rings is 1. The van der Waals surface area contributed by atoms with E-state index in [4.69, 9.17) is 0 Å². The lowest BCUT2D eigenvalue weighted by Gasteiger charge is -2.39. The van der Waals surface area contributed by atoms with Crippen molar-refractivity contribution >= 4 is 11.3 Å². The Bertz CT molecular complexity index is 344. The summed E-state index contributed by atoms with van der Waals surface area (Å²) in [6.07, 6.45) is 1.12. The number of β-amino-alcohol motifs (C(OH)–C–C–N with tert-alkyl or cyclic N) is 1. The van der Waals surface area contributed by atoms with Crippen molar-refractivity contribution in [2.45, 2.75) is 37.5 Å². The Morgan fingerprint density at radius 2 is 2.17 bits per heavy atom. The molecule has 1 aromatic rings. The summed E-state index contributed by atoms with van der Waals surface area (Å²) in [6, 6.07) is 4.16. The Balaban J connectivity index is 1.79. The van der Waals surface area contributed by atoms with Crippen LogP contribution in [0.4, 0.5) is 0 Å². The number of hydrogen-bond donors (Lipinski definition) is 3. The molecule has 0 amide bonds.